The van der Waals surface area contributed by atoms with Crippen molar-refractivity contribution in [1.82, 2.24) is 10.2 Å². The zero-order chi connectivity index (χ0) is 17.4. The first kappa shape index (κ1) is 20.1. The Kier molecular flexibility index (Phi) is 6.14. The van der Waals surface area contributed by atoms with Crippen LogP contribution in [0.1, 0.15) is 47.1 Å². The number of nitrogens with zero attached hydrogens (tertiary/aromatic N) is 1. The van der Waals surface area contributed by atoms with Gasteiger partial charge in [0.2, 0.25) is 5.91 Å². The van der Waals surface area contributed by atoms with Crippen LogP contribution in [-0.4, -0.2) is 41.2 Å². The van der Waals surface area contributed by atoms with Gasteiger partial charge >= 0.3 is 0 Å². The summed E-state index contributed by atoms with van der Waals surface area (Å²) in [5.41, 5.74) is 6.76. The van der Waals surface area contributed by atoms with Crippen LogP contribution < -0.4 is 11.1 Å². The Balaban J connectivity index is 0.00000288. The van der Waals surface area contributed by atoms with Crippen molar-refractivity contribution in [2.75, 3.05) is 13.1 Å². The summed E-state index contributed by atoms with van der Waals surface area (Å²) in [5, 5.41) is 2.84. The lowest BCUT2D eigenvalue weighted by atomic mass is 9.88. The number of carbonyl (C=O) groups excluding carboxylic acids is 3. The number of rotatable bonds is 5. The third kappa shape index (κ3) is 3.60. The van der Waals surface area contributed by atoms with Gasteiger partial charge in [0, 0.05) is 6.54 Å². The summed E-state index contributed by atoms with van der Waals surface area (Å²) in [4.78, 5) is 37.9. The number of carbonyl (C=O) groups is 3. The third-order valence-electron chi connectivity index (χ3n) is 4.55. The van der Waals surface area contributed by atoms with E-state index >= 15 is 0 Å². The number of benzene rings is 1. The van der Waals surface area contributed by atoms with Crippen molar-refractivity contribution in [3.63, 3.8) is 0 Å². The van der Waals surface area contributed by atoms with Gasteiger partial charge in [-0.1, -0.05) is 25.5 Å². The quantitative estimate of drug-likeness (QED) is 0.784. The second-order valence-electron chi connectivity index (χ2n) is 6.57. The van der Waals surface area contributed by atoms with E-state index in [4.69, 9.17) is 5.73 Å². The van der Waals surface area contributed by atoms with Crippen LogP contribution in [0.15, 0.2) is 18.2 Å². The molecule has 0 saturated carbocycles. The van der Waals surface area contributed by atoms with Gasteiger partial charge in [-0.05, 0) is 31.9 Å². The molecule has 1 aromatic carbocycles. The molecule has 1 aliphatic rings. The first-order valence-electron chi connectivity index (χ1n) is 7.67. The van der Waals surface area contributed by atoms with E-state index in [1.807, 2.05) is 27.7 Å². The number of halogens is 1. The maximum Gasteiger partial charge on any atom is 0.262 e. The number of aryl methyl sites for hydroxylation is 1. The largest absolute Gasteiger partial charge is 0.348 e. The van der Waals surface area contributed by atoms with Crippen LogP contribution in [0.3, 0.4) is 0 Å². The molecule has 1 heterocycles. The molecule has 0 aromatic heterocycles. The topological polar surface area (TPSA) is 92.5 Å². The van der Waals surface area contributed by atoms with Gasteiger partial charge in [0.1, 0.15) is 6.54 Å². The molecule has 24 heavy (non-hydrogen) atoms. The second-order valence-corrected chi connectivity index (χ2v) is 6.57. The Morgan fingerprint density at radius 2 is 1.83 bits per heavy atom. The minimum atomic E-state index is -0.577. The minimum Gasteiger partial charge on any atom is -0.348 e. The average Bonchev–Trinajstić information content (AvgIpc) is 2.71. The molecule has 7 heteroatoms. The van der Waals surface area contributed by atoms with Crippen LogP contribution in [0.4, 0.5) is 0 Å². The fraction of sp³-hybridized carbons (Fsp3) is 0.471. The van der Waals surface area contributed by atoms with Gasteiger partial charge in [-0.25, -0.2) is 0 Å². The summed E-state index contributed by atoms with van der Waals surface area (Å²) in [7, 11) is 0. The van der Waals surface area contributed by atoms with Crippen molar-refractivity contribution in [3.05, 3.63) is 34.9 Å². The molecule has 1 unspecified atom stereocenters. The van der Waals surface area contributed by atoms with Crippen molar-refractivity contribution in [2.24, 2.45) is 11.7 Å². The Morgan fingerprint density at radius 1 is 1.25 bits per heavy atom. The summed E-state index contributed by atoms with van der Waals surface area (Å²) in [6, 6.07) is 5.07. The molecule has 0 bridgehead atoms. The van der Waals surface area contributed by atoms with Crippen molar-refractivity contribution < 1.29 is 14.4 Å². The van der Waals surface area contributed by atoms with E-state index in [0.29, 0.717) is 11.1 Å². The first-order valence-corrected chi connectivity index (χ1v) is 7.67. The lowest BCUT2D eigenvalue weighted by Crippen LogP contribution is -2.57. The van der Waals surface area contributed by atoms with Crippen molar-refractivity contribution in [3.8, 4) is 0 Å². The zero-order valence-electron chi connectivity index (χ0n) is 14.4. The molecule has 3 N–H and O–H groups in total. The SMILES string of the molecule is Cc1ccc2c(c1)C(=O)N(CC(=O)NC(C)(CN)C(C)C)C2=O.Cl. The Hall–Kier alpha value is -1.92. The van der Waals surface area contributed by atoms with Gasteiger partial charge in [0.15, 0.2) is 0 Å². The second kappa shape index (κ2) is 7.32. The van der Waals surface area contributed by atoms with Crippen molar-refractivity contribution in [1.29, 1.82) is 0 Å². The predicted molar refractivity (Wildman–Crippen MR) is 94.2 cm³/mol. The number of hydrogen-bond donors (Lipinski definition) is 2. The van der Waals surface area contributed by atoms with E-state index in [0.717, 1.165) is 10.5 Å². The molecule has 1 aromatic rings. The lowest BCUT2D eigenvalue weighted by Gasteiger charge is -2.34. The molecule has 0 aliphatic carbocycles. The molecule has 6 nitrogen and oxygen atoms in total. The maximum atomic E-state index is 12.4. The smallest absolute Gasteiger partial charge is 0.262 e. The highest BCUT2D eigenvalue weighted by molar-refractivity contribution is 6.22. The normalized spacial score (nSPS) is 15.8. The van der Waals surface area contributed by atoms with Gasteiger partial charge in [-0.3, -0.25) is 19.3 Å². The third-order valence-corrected chi connectivity index (χ3v) is 4.55. The van der Waals surface area contributed by atoms with Gasteiger partial charge in [0.05, 0.1) is 16.7 Å². The van der Waals surface area contributed by atoms with Crippen LogP contribution in [0, 0.1) is 12.8 Å². The highest BCUT2D eigenvalue weighted by Gasteiger charge is 2.38. The summed E-state index contributed by atoms with van der Waals surface area (Å²) in [6.07, 6.45) is 0. The van der Waals surface area contributed by atoms with Gasteiger partial charge in [0.25, 0.3) is 11.8 Å². The van der Waals surface area contributed by atoms with E-state index < -0.39 is 23.3 Å². The first-order chi connectivity index (χ1) is 10.7. The van der Waals surface area contributed by atoms with Crippen LogP contribution in [-0.2, 0) is 4.79 Å². The van der Waals surface area contributed by atoms with Crippen molar-refractivity contribution >= 4 is 30.1 Å². The highest BCUT2D eigenvalue weighted by atomic mass is 35.5. The average molecular weight is 354 g/mol. The van der Waals surface area contributed by atoms with E-state index in [-0.39, 0.29) is 31.4 Å². The standard InChI is InChI=1S/C17H23N3O3.ClH/c1-10(2)17(4,9-18)19-14(21)8-20-15(22)12-6-5-11(3)7-13(12)16(20)23;/h5-7,10H,8-9,18H2,1-4H3,(H,19,21);1H. The predicted octanol–water partition coefficient (Wildman–Crippen LogP) is 1.50. The van der Waals surface area contributed by atoms with E-state index in [9.17, 15) is 14.4 Å². The highest BCUT2D eigenvalue weighted by Crippen LogP contribution is 2.24. The summed E-state index contributed by atoms with van der Waals surface area (Å²) in [5.74, 6) is -1.12. The zero-order valence-corrected chi connectivity index (χ0v) is 15.2. The molecule has 0 radical (unpaired) electrons. The molecular weight excluding hydrogens is 330 g/mol. The fourth-order valence-corrected chi connectivity index (χ4v) is 2.48. The summed E-state index contributed by atoms with van der Waals surface area (Å²) < 4.78 is 0. The van der Waals surface area contributed by atoms with Crippen LogP contribution in [0.2, 0.25) is 0 Å². The fourth-order valence-electron chi connectivity index (χ4n) is 2.48. The number of imide groups is 1. The van der Waals surface area contributed by atoms with Crippen LogP contribution in [0.25, 0.3) is 0 Å². The van der Waals surface area contributed by atoms with E-state index in [1.165, 1.54) is 0 Å². The Labute approximate surface area is 148 Å². The molecule has 2 rings (SSSR count). The molecule has 1 atom stereocenters. The number of amides is 3. The van der Waals surface area contributed by atoms with Crippen molar-refractivity contribution in [2.45, 2.75) is 33.2 Å². The van der Waals surface area contributed by atoms with Gasteiger partial charge < -0.3 is 11.1 Å². The number of fused-ring (bicyclic) bond motifs is 1. The number of nitrogens with two attached hydrogens (primary N) is 1. The molecular formula is C17H24ClN3O3. The Bertz CT molecular complexity index is 675. The summed E-state index contributed by atoms with van der Waals surface area (Å²) in [6.45, 7) is 7.59. The van der Waals surface area contributed by atoms with E-state index in [1.54, 1.807) is 18.2 Å². The number of nitrogens with one attached hydrogen (secondary N) is 1. The monoisotopic (exact) mass is 353 g/mol. The molecule has 1 aliphatic heterocycles. The minimum absolute atomic E-state index is 0. The van der Waals surface area contributed by atoms with Crippen LogP contribution >= 0.6 is 12.4 Å². The molecule has 3 amide bonds. The molecule has 0 saturated heterocycles. The van der Waals surface area contributed by atoms with Gasteiger partial charge in [-0.2, -0.15) is 0 Å². The maximum absolute atomic E-state index is 12.4. The lowest BCUT2D eigenvalue weighted by molar-refractivity contribution is -0.123. The number of hydrogen-bond acceptors (Lipinski definition) is 4. The molecule has 0 fully saturated rings. The van der Waals surface area contributed by atoms with Gasteiger partial charge in [-0.15, -0.1) is 12.4 Å². The van der Waals surface area contributed by atoms with E-state index in [2.05, 4.69) is 5.32 Å². The Morgan fingerprint density at radius 3 is 2.38 bits per heavy atom. The van der Waals surface area contributed by atoms with Crippen LogP contribution in [0.5, 0.6) is 0 Å². The summed E-state index contributed by atoms with van der Waals surface area (Å²) >= 11 is 0. The molecule has 132 valence electrons. The molecule has 0 spiro atoms.